The molecular formula is C45H29N3. The standard InChI is InChI=1S/C45H29N3/c1-2-14-32(15-3-1)43-46-44(48-45(47-43)42-23-11-17-31-13-5-7-19-38(31)42)36-27-25-33-28-35(26-24-34(33)29-36)39-20-8-9-21-40(39)41-22-10-16-30-12-4-6-18-37(30)41/h1-29H. The van der Waals surface area contributed by atoms with Crippen molar-refractivity contribution in [2.24, 2.45) is 0 Å². The van der Waals surface area contributed by atoms with Gasteiger partial charge in [0.25, 0.3) is 0 Å². The van der Waals surface area contributed by atoms with Gasteiger partial charge in [0.05, 0.1) is 0 Å². The zero-order valence-electron chi connectivity index (χ0n) is 26.1. The van der Waals surface area contributed by atoms with E-state index in [0.717, 1.165) is 38.2 Å². The van der Waals surface area contributed by atoms with E-state index in [-0.39, 0.29) is 0 Å². The summed E-state index contributed by atoms with van der Waals surface area (Å²) >= 11 is 0. The van der Waals surface area contributed by atoms with Gasteiger partial charge in [-0.2, -0.15) is 0 Å². The normalized spacial score (nSPS) is 11.3. The van der Waals surface area contributed by atoms with Crippen LogP contribution in [0.15, 0.2) is 176 Å². The monoisotopic (exact) mass is 611 g/mol. The first-order chi connectivity index (χ1) is 23.8. The molecule has 48 heavy (non-hydrogen) atoms. The number of hydrogen-bond donors (Lipinski definition) is 0. The number of rotatable bonds is 5. The molecule has 0 atom stereocenters. The number of aromatic nitrogens is 3. The van der Waals surface area contributed by atoms with Gasteiger partial charge in [-0.25, -0.2) is 15.0 Å². The molecule has 1 aromatic heterocycles. The van der Waals surface area contributed by atoms with Crippen molar-refractivity contribution in [3.05, 3.63) is 176 Å². The summed E-state index contributed by atoms with van der Waals surface area (Å²) in [6.45, 7) is 0. The minimum atomic E-state index is 0.652. The maximum absolute atomic E-state index is 5.07. The van der Waals surface area contributed by atoms with Gasteiger partial charge in [0.1, 0.15) is 0 Å². The SMILES string of the molecule is c1ccc(-c2nc(-c3ccc4cc(-c5ccccc5-c5cccc6ccccc56)ccc4c3)nc(-c3cccc4ccccc34)n2)cc1. The number of benzene rings is 8. The fourth-order valence-corrected chi connectivity index (χ4v) is 6.74. The molecule has 224 valence electrons. The number of nitrogens with zero attached hydrogens (tertiary/aromatic N) is 3. The molecule has 9 rings (SSSR count). The lowest BCUT2D eigenvalue weighted by molar-refractivity contribution is 1.08. The predicted octanol–water partition coefficient (Wildman–Crippen LogP) is 11.7. The Balaban J connectivity index is 1.16. The Labute approximate surface area is 278 Å². The Bertz CT molecular complexity index is 2610. The van der Waals surface area contributed by atoms with Crippen LogP contribution in [0.2, 0.25) is 0 Å². The first kappa shape index (κ1) is 27.8. The van der Waals surface area contributed by atoms with Crippen molar-refractivity contribution < 1.29 is 0 Å². The summed E-state index contributed by atoms with van der Waals surface area (Å²) in [6, 6.07) is 61.8. The van der Waals surface area contributed by atoms with Crippen LogP contribution in [-0.2, 0) is 0 Å². The Kier molecular flexibility index (Phi) is 6.80. The van der Waals surface area contributed by atoms with Crippen LogP contribution in [0.25, 0.3) is 88.7 Å². The lowest BCUT2D eigenvalue weighted by atomic mass is 9.90. The molecule has 0 saturated carbocycles. The predicted molar refractivity (Wildman–Crippen MR) is 200 cm³/mol. The summed E-state index contributed by atoms with van der Waals surface area (Å²) in [5, 5.41) is 7.07. The van der Waals surface area contributed by atoms with E-state index in [0.29, 0.717) is 17.5 Å². The third-order valence-electron chi connectivity index (χ3n) is 9.11. The van der Waals surface area contributed by atoms with Gasteiger partial charge in [-0.3, -0.25) is 0 Å². The Morgan fingerprint density at radius 2 is 0.729 bits per heavy atom. The first-order valence-electron chi connectivity index (χ1n) is 16.2. The van der Waals surface area contributed by atoms with Crippen molar-refractivity contribution in [2.75, 3.05) is 0 Å². The summed E-state index contributed by atoms with van der Waals surface area (Å²) in [4.78, 5) is 15.1. The maximum Gasteiger partial charge on any atom is 0.164 e. The van der Waals surface area contributed by atoms with Gasteiger partial charge in [0, 0.05) is 16.7 Å². The second kappa shape index (κ2) is 11.7. The second-order valence-corrected chi connectivity index (χ2v) is 12.0. The second-order valence-electron chi connectivity index (χ2n) is 12.0. The highest BCUT2D eigenvalue weighted by molar-refractivity contribution is 6.01. The van der Waals surface area contributed by atoms with Crippen molar-refractivity contribution in [3.8, 4) is 56.4 Å². The van der Waals surface area contributed by atoms with Gasteiger partial charge < -0.3 is 0 Å². The molecule has 0 saturated heterocycles. The number of hydrogen-bond acceptors (Lipinski definition) is 3. The van der Waals surface area contributed by atoms with E-state index in [2.05, 4.69) is 146 Å². The molecule has 0 fully saturated rings. The summed E-state index contributed by atoms with van der Waals surface area (Å²) < 4.78 is 0. The van der Waals surface area contributed by atoms with Crippen molar-refractivity contribution >= 4 is 32.3 Å². The molecule has 0 aliphatic carbocycles. The fourth-order valence-electron chi connectivity index (χ4n) is 6.74. The highest BCUT2D eigenvalue weighted by atomic mass is 15.0. The van der Waals surface area contributed by atoms with Gasteiger partial charge in [-0.05, 0) is 66.7 Å². The Hall–Kier alpha value is -6.45. The van der Waals surface area contributed by atoms with E-state index in [1.165, 1.54) is 33.0 Å². The summed E-state index contributed by atoms with van der Waals surface area (Å²) in [5.74, 6) is 1.97. The molecule has 0 N–H and O–H groups in total. The quantitative estimate of drug-likeness (QED) is 0.194. The van der Waals surface area contributed by atoms with E-state index >= 15 is 0 Å². The van der Waals surface area contributed by atoms with Gasteiger partial charge in [-0.1, -0.05) is 164 Å². The van der Waals surface area contributed by atoms with Crippen LogP contribution in [0.5, 0.6) is 0 Å². The average Bonchev–Trinajstić information content (AvgIpc) is 3.17. The highest BCUT2D eigenvalue weighted by Crippen LogP contribution is 2.38. The van der Waals surface area contributed by atoms with Crippen LogP contribution >= 0.6 is 0 Å². The molecule has 0 aliphatic rings. The van der Waals surface area contributed by atoms with E-state index in [9.17, 15) is 0 Å². The van der Waals surface area contributed by atoms with Gasteiger partial charge in [0.2, 0.25) is 0 Å². The topological polar surface area (TPSA) is 38.7 Å². The van der Waals surface area contributed by atoms with Crippen LogP contribution in [0.1, 0.15) is 0 Å². The third-order valence-corrected chi connectivity index (χ3v) is 9.11. The van der Waals surface area contributed by atoms with Gasteiger partial charge in [-0.15, -0.1) is 0 Å². The summed E-state index contributed by atoms with van der Waals surface area (Å²) in [5.41, 5.74) is 7.76. The minimum Gasteiger partial charge on any atom is -0.208 e. The van der Waals surface area contributed by atoms with Crippen LogP contribution in [0.4, 0.5) is 0 Å². The van der Waals surface area contributed by atoms with Crippen LogP contribution in [0.3, 0.4) is 0 Å². The summed E-state index contributed by atoms with van der Waals surface area (Å²) in [6.07, 6.45) is 0. The van der Waals surface area contributed by atoms with Gasteiger partial charge >= 0.3 is 0 Å². The van der Waals surface area contributed by atoms with E-state index in [4.69, 9.17) is 15.0 Å². The van der Waals surface area contributed by atoms with Crippen molar-refractivity contribution in [2.45, 2.75) is 0 Å². The van der Waals surface area contributed by atoms with Crippen LogP contribution in [-0.4, -0.2) is 15.0 Å². The van der Waals surface area contributed by atoms with Crippen molar-refractivity contribution in [1.29, 1.82) is 0 Å². The first-order valence-corrected chi connectivity index (χ1v) is 16.2. The zero-order valence-corrected chi connectivity index (χ0v) is 26.1. The molecule has 0 unspecified atom stereocenters. The van der Waals surface area contributed by atoms with Crippen molar-refractivity contribution in [3.63, 3.8) is 0 Å². The molecular weight excluding hydrogens is 583 g/mol. The van der Waals surface area contributed by atoms with E-state index in [1.54, 1.807) is 0 Å². The van der Waals surface area contributed by atoms with E-state index < -0.39 is 0 Å². The zero-order chi connectivity index (χ0) is 31.9. The van der Waals surface area contributed by atoms with Crippen LogP contribution in [0, 0.1) is 0 Å². The number of fused-ring (bicyclic) bond motifs is 3. The molecule has 0 aliphatic heterocycles. The molecule has 3 heteroatoms. The lowest BCUT2D eigenvalue weighted by Crippen LogP contribution is -2.00. The maximum atomic E-state index is 5.07. The molecule has 0 amide bonds. The Morgan fingerprint density at radius 3 is 1.46 bits per heavy atom. The van der Waals surface area contributed by atoms with Crippen LogP contribution < -0.4 is 0 Å². The molecule has 9 aromatic rings. The molecule has 0 bridgehead atoms. The fraction of sp³-hybridized carbons (Fsp3) is 0. The molecule has 0 radical (unpaired) electrons. The smallest absolute Gasteiger partial charge is 0.164 e. The summed E-state index contributed by atoms with van der Waals surface area (Å²) in [7, 11) is 0. The molecule has 0 spiro atoms. The molecule has 1 heterocycles. The lowest BCUT2D eigenvalue weighted by Gasteiger charge is -2.14. The molecule has 3 nitrogen and oxygen atoms in total. The van der Waals surface area contributed by atoms with Crippen molar-refractivity contribution in [1.82, 2.24) is 15.0 Å². The Morgan fingerprint density at radius 1 is 0.250 bits per heavy atom. The van der Waals surface area contributed by atoms with Gasteiger partial charge in [0.15, 0.2) is 17.5 Å². The largest absolute Gasteiger partial charge is 0.208 e. The molecule has 8 aromatic carbocycles. The highest BCUT2D eigenvalue weighted by Gasteiger charge is 2.15. The minimum absolute atomic E-state index is 0.652. The average molecular weight is 612 g/mol. The third kappa shape index (κ3) is 4.99. The van der Waals surface area contributed by atoms with E-state index in [1.807, 2.05) is 30.3 Å².